The van der Waals surface area contributed by atoms with E-state index in [0.29, 0.717) is 5.75 Å². The number of aromatic hydroxyl groups is 1. The first-order valence-electron chi connectivity index (χ1n) is 8.12. The topological polar surface area (TPSA) is 25.2 Å². The van der Waals surface area contributed by atoms with Crippen LogP contribution in [0.15, 0.2) is 85.1 Å². The van der Waals surface area contributed by atoms with E-state index < -0.39 is 0 Å². The van der Waals surface area contributed by atoms with Crippen LogP contribution in [0.25, 0.3) is 10.9 Å². The van der Waals surface area contributed by atoms with Crippen LogP contribution in [0, 0.1) is 0 Å². The fourth-order valence-corrected chi connectivity index (χ4v) is 3.51. The fourth-order valence-electron chi connectivity index (χ4n) is 3.51. The molecule has 1 heterocycles. The van der Waals surface area contributed by atoms with E-state index in [4.69, 9.17) is 0 Å². The first-order valence-corrected chi connectivity index (χ1v) is 8.12. The molecular weight excluding hydrogens is 294 g/mol. The van der Waals surface area contributed by atoms with Crippen molar-refractivity contribution in [3.05, 3.63) is 102 Å². The van der Waals surface area contributed by atoms with Crippen molar-refractivity contribution in [2.75, 3.05) is 0 Å². The van der Waals surface area contributed by atoms with Crippen LogP contribution in [-0.2, 0) is 7.05 Å². The van der Waals surface area contributed by atoms with Gasteiger partial charge < -0.3 is 9.67 Å². The number of phenolic OH excluding ortho intramolecular Hbond substituents is 1. The Labute approximate surface area is 141 Å². The van der Waals surface area contributed by atoms with Gasteiger partial charge in [0.05, 0.1) is 0 Å². The number of hydrogen-bond acceptors (Lipinski definition) is 1. The van der Waals surface area contributed by atoms with Gasteiger partial charge in [0.1, 0.15) is 5.75 Å². The van der Waals surface area contributed by atoms with Gasteiger partial charge in [0.2, 0.25) is 0 Å². The van der Waals surface area contributed by atoms with Crippen LogP contribution < -0.4 is 0 Å². The Bertz CT molecular complexity index is 985. The molecule has 4 aromatic rings. The fraction of sp³-hybridized carbons (Fsp3) is 0.0909. The molecule has 118 valence electrons. The van der Waals surface area contributed by atoms with Gasteiger partial charge in [-0.3, -0.25) is 0 Å². The van der Waals surface area contributed by atoms with E-state index in [1.807, 2.05) is 36.4 Å². The summed E-state index contributed by atoms with van der Waals surface area (Å²) < 4.78 is 2.15. The zero-order chi connectivity index (χ0) is 16.5. The van der Waals surface area contributed by atoms with Crippen molar-refractivity contribution < 1.29 is 5.11 Å². The minimum atomic E-state index is -0.00139. The summed E-state index contributed by atoms with van der Waals surface area (Å²) in [4.78, 5) is 0. The summed E-state index contributed by atoms with van der Waals surface area (Å²) in [5.74, 6) is 0.331. The maximum absolute atomic E-state index is 10.5. The number of phenols is 1. The van der Waals surface area contributed by atoms with E-state index in [0.717, 1.165) is 5.56 Å². The van der Waals surface area contributed by atoms with Crippen LogP contribution >= 0.6 is 0 Å². The molecule has 4 rings (SSSR count). The number of fused-ring (bicyclic) bond motifs is 1. The third kappa shape index (κ3) is 2.37. The van der Waals surface area contributed by atoms with E-state index in [2.05, 4.69) is 54.2 Å². The lowest BCUT2D eigenvalue weighted by Crippen LogP contribution is -2.03. The second-order valence-corrected chi connectivity index (χ2v) is 6.12. The number of benzene rings is 3. The largest absolute Gasteiger partial charge is 0.508 e. The van der Waals surface area contributed by atoms with Crippen molar-refractivity contribution in [3.63, 3.8) is 0 Å². The Kier molecular flexibility index (Phi) is 3.58. The molecule has 0 spiro atoms. The smallest absolute Gasteiger partial charge is 0.119 e. The van der Waals surface area contributed by atoms with Gasteiger partial charge in [0.25, 0.3) is 0 Å². The molecule has 0 aliphatic rings. The van der Waals surface area contributed by atoms with Crippen LogP contribution in [0.5, 0.6) is 5.75 Å². The van der Waals surface area contributed by atoms with Gasteiger partial charge in [-0.25, -0.2) is 0 Å². The van der Waals surface area contributed by atoms with Gasteiger partial charge >= 0.3 is 0 Å². The van der Waals surface area contributed by atoms with E-state index >= 15 is 0 Å². The average molecular weight is 313 g/mol. The number of aryl methyl sites for hydroxylation is 1. The highest BCUT2D eigenvalue weighted by Crippen LogP contribution is 2.40. The normalized spacial score (nSPS) is 12.4. The van der Waals surface area contributed by atoms with Crippen molar-refractivity contribution >= 4 is 10.9 Å². The molecule has 0 bridgehead atoms. The molecule has 1 N–H and O–H groups in total. The SMILES string of the molecule is Cn1cc(C(c2ccccc2)c2ccccc2O)c2ccccc21. The molecule has 0 saturated heterocycles. The lowest BCUT2D eigenvalue weighted by atomic mass is 9.84. The van der Waals surface area contributed by atoms with Gasteiger partial charge in [-0.05, 0) is 23.3 Å². The molecule has 1 unspecified atom stereocenters. The predicted octanol–water partition coefficient (Wildman–Crippen LogP) is 5.06. The Morgan fingerprint density at radius 1 is 0.750 bits per heavy atom. The number of rotatable bonds is 3. The van der Waals surface area contributed by atoms with Crippen LogP contribution in [0.1, 0.15) is 22.6 Å². The van der Waals surface area contributed by atoms with Crippen LogP contribution in [0.2, 0.25) is 0 Å². The quantitative estimate of drug-likeness (QED) is 0.561. The number of para-hydroxylation sites is 2. The third-order valence-corrected chi connectivity index (χ3v) is 4.62. The Morgan fingerprint density at radius 2 is 1.42 bits per heavy atom. The van der Waals surface area contributed by atoms with Crippen molar-refractivity contribution in [2.45, 2.75) is 5.92 Å². The van der Waals surface area contributed by atoms with Crippen molar-refractivity contribution in [1.82, 2.24) is 4.57 Å². The molecule has 0 radical (unpaired) electrons. The Morgan fingerprint density at radius 3 is 2.21 bits per heavy atom. The van der Waals surface area contributed by atoms with E-state index in [1.165, 1.54) is 22.0 Å². The first-order chi connectivity index (χ1) is 11.8. The van der Waals surface area contributed by atoms with Crippen molar-refractivity contribution in [1.29, 1.82) is 0 Å². The van der Waals surface area contributed by atoms with Crippen molar-refractivity contribution in [3.8, 4) is 5.75 Å². The summed E-state index contributed by atoms with van der Waals surface area (Å²) >= 11 is 0. The molecule has 2 nitrogen and oxygen atoms in total. The number of aromatic nitrogens is 1. The van der Waals surface area contributed by atoms with Gasteiger partial charge in [-0.15, -0.1) is 0 Å². The highest BCUT2D eigenvalue weighted by molar-refractivity contribution is 5.85. The van der Waals surface area contributed by atoms with Gasteiger partial charge in [0.15, 0.2) is 0 Å². The van der Waals surface area contributed by atoms with Crippen LogP contribution in [0.3, 0.4) is 0 Å². The maximum Gasteiger partial charge on any atom is 0.119 e. The van der Waals surface area contributed by atoms with E-state index in [9.17, 15) is 5.11 Å². The second-order valence-electron chi connectivity index (χ2n) is 6.12. The summed E-state index contributed by atoms with van der Waals surface area (Å²) in [7, 11) is 2.07. The van der Waals surface area contributed by atoms with Gasteiger partial charge in [-0.2, -0.15) is 0 Å². The monoisotopic (exact) mass is 313 g/mol. The molecule has 0 amide bonds. The minimum Gasteiger partial charge on any atom is -0.508 e. The molecule has 2 heteroatoms. The number of nitrogens with zero attached hydrogens (tertiary/aromatic N) is 1. The molecule has 0 aliphatic carbocycles. The zero-order valence-electron chi connectivity index (χ0n) is 13.6. The van der Waals surface area contributed by atoms with Gasteiger partial charge in [0, 0.05) is 35.6 Å². The lowest BCUT2D eigenvalue weighted by Gasteiger charge is -2.19. The predicted molar refractivity (Wildman–Crippen MR) is 98.4 cm³/mol. The standard InChI is InChI=1S/C22H19NO/c1-23-15-19(17-11-5-7-13-20(17)23)22(16-9-3-2-4-10-16)18-12-6-8-14-21(18)24/h2-15,22,24H,1H3. The summed E-state index contributed by atoms with van der Waals surface area (Å²) in [5, 5.41) is 11.7. The zero-order valence-corrected chi connectivity index (χ0v) is 13.6. The minimum absolute atomic E-state index is 0.00139. The number of hydrogen-bond donors (Lipinski definition) is 1. The Hall–Kier alpha value is -3.00. The highest BCUT2D eigenvalue weighted by Gasteiger charge is 2.23. The second kappa shape index (κ2) is 5.89. The van der Waals surface area contributed by atoms with Crippen molar-refractivity contribution in [2.24, 2.45) is 7.05 Å². The highest BCUT2D eigenvalue weighted by atomic mass is 16.3. The molecule has 0 saturated carbocycles. The summed E-state index contributed by atoms with van der Waals surface area (Å²) in [5.41, 5.74) is 4.51. The van der Waals surface area contributed by atoms with E-state index in [1.54, 1.807) is 6.07 Å². The maximum atomic E-state index is 10.5. The van der Waals surface area contributed by atoms with Gasteiger partial charge in [-0.1, -0.05) is 66.7 Å². The summed E-state index contributed by atoms with van der Waals surface area (Å²) in [6.07, 6.45) is 2.18. The van der Waals surface area contributed by atoms with E-state index in [-0.39, 0.29) is 5.92 Å². The first kappa shape index (κ1) is 14.6. The molecule has 0 fully saturated rings. The van der Waals surface area contributed by atoms with Crippen LogP contribution in [-0.4, -0.2) is 9.67 Å². The third-order valence-electron chi connectivity index (χ3n) is 4.62. The molecule has 1 atom stereocenters. The molecular formula is C22H19NO. The molecule has 0 aliphatic heterocycles. The summed E-state index contributed by atoms with van der Waals surface area (Å²) in [6.45, 7) is 0. The summed E-state index contributed by atoms with van der Waals surface area (Å²) in [6, 6.07) is 26.4. The average Bonchev–Trinajstić information content (AvgIpc) is 2.95. The molecule has 24 heavy (non-hydrogen) atoms. The molecule has 1 aromatic heterocycles. The van der Waals surface area contributed by atoms with Crippen LogP contribution in [0.4, 0.5) is 0 Å². The Balaban J connectivity index is 2.01. The lowest BCUT2D eigenvalue weighted by molar-refractivity contribution is 0.467. The molecule has 3 aromatic carbocycles.